The van der Waals surface area contributed by atoms with Gasteiger partial charge in [-0.3, -0.25) is 4.98 Å². The molecule has 0 saturated carbocycles. The first-order valence-electron chi connectivity index (χ1n) is 8.06. The Labute approximate surface area is 140 Å². The number of hydrogen-bond acceptors (Lipinski definition) is 5. The van der Waals surface area contributed by atoms with Crippen molar-refractivity contribution in [2.45, 2.75) is 18.5 Å². The summed E-state index contributed by atoms with van der Waals surface area (Å²) >= 11 is 0. The zero-order chi connectivity index (χ0) is 16.2. The number of pyridine rings is 1. The van der Waals surface area contributed by atoms with Gasteiger partial charge in [-0.1, -0.05) is 35.5 Å². The minimum absolute atomic E-state index is 0.0753. The third-order valence-corrected chi connectivity index (χ3v) is 4.31. The average Bonchev–Trinajstić information content (AvgIpc) is 3.07. The molecule has 24 heavy (non-hydrogen) atoms. The largest absolute Gasteiger partial charge is 0.377 e. The molecule has 0 radical (unpaired) electrons. The van der Waals surface area contributed by atoms with E-state index in [4.69, 9.17) is 9.26 Å². The molecule has 2 aromatic heterocycles. The van der Waals surface area contributed by atoms with Crippen LogP contribution in [0.4, 0.5) is 0 Å². The lowest BCUT2D eigenvalue weighted by atomic mass is 9.90. The third kappa shape index (κ3) is 3.22. The number of nitrogens with zero attached hydrogens (tertiary/aromatic N) is 2. The summed E-state index contributed by atoms with van der Waals surface area (Å²) in [6, 6.07) is 16.1. The highest BCUT2D eigenvalue weighted by atomic mass is 16.5. The second-order valence-electron chi connectivity index (χ2n) is 6.21. The fraction of sp³-hybridized carbons (Fsp3) is 0.263. The Bertz CT molecular complexity index is 783. The highest BCUT2D eigenvalue weighted by molar-refractivity contribution is 5.56. The second-order valence-corrected chi connectivity index (χ2v) is 6.21. The van der Waals surface area contributed by atoms with Crippen LogP contribution in [0.1, 0.15) is 11.3 Å². The maximum atomic E-state index is 5.50. The van der Waals surface area contributed by atoms with E-state index in [0.29, 0.717) is 13.2 Å². The summed E-state index contributed by atoms with van der Waals surface area (Å²) < 4.78 is 11.0. The van der Waals surface area contributed by atoms with Gasteiger partial charge in [0.15, 0.2) is 5.76 Å². The van der Waals surface area contributed by atoms with Gasteiger partial charge < -0.3 is 14.6 Å². The molecule has 0 amide bonds. The minimum Gasteiger partial charge on any atom is -0.377 e. The molecule has 1 aliphatic rings. The molecule has 3 aromatic rings. The van der Waals surface area contributed by atoms with Crippen LogP contribution in [0.2, 0.25) is 0 Å². The molecule has 1 fully saturated rings. The topological polar surface area (TPSA) is 60.2 Å². The first kappa shape index (κ1) is 15.1. The van der Waals surface area contributed by atoms with Crippen molar-refractivity contribution in [2.24, 2.45) is 0 Å². The number of benzene rings is 1. The number of nitrogens with one attached hydrogen (secondary N) is 1. The summed E-state index contributed by atoms with van der Waals surface area (Å²) in [5, 5.41) is 7.85. The molecule has 5 nitrogen and oxygen atoms in total. The predicted octanol–water partition coefficient (Wildman–Crippen LogP) is 2.84. The van der Waals surface area contributed by atoms with E-state index in [2.05, 4.69) is 15.5 Å². The Morgan fingerprint density at radius 3 is 2.54 bits per heavy atom. The lowest BCUT2D eigenvalue weighted by molar-refractivity contribution is -0.0755. The zero-order valence-corrected chi connectivity index (χ0v) is 13.3. The Hall–Kier alpha value is -2.50. The van der Waals surface area contributed by atoms with Crippen LogP contribution in [0.15, 0.2) is 65.4 Å². The highest BCUT2D eigenvalue weighted by Crippen LogP contribution is 2.26. The highest BCUT2D eigenvalue weighted by Gasteiger charge is 2.39. The fourth-order valence-corrected chi connectivity index (χ4v) is 2.89. The summed E-state index contributed by atoms with van der Waals surface area (Å²) in [5.74, 6) is 0.801. The molecule has 5 heteroatoms. The van der Waals surface area contributed by atoms with Gasteiger partial charge in [-0.2, -0.15) is 0 Å². The van der Waals surface area contributed by atoms with Crippen molar-refractivity contribution in [1.82, 2.24) is 15.5 Å². The lowest BCUT2D eigenvalue weighted by Crippen LogP contribution is -2.61. The molecule has 122 valence electrons. The first-order valence-corrected chi connectivity index (χ1v) is 8.06. The van der Waals surface area contributed by atoms with E-state index in [9.17, 15) is 0 Å². The smallest absolute Gasteiger partial charge is 0.167 e. The van der Waals surface area contributed by atoms with E-state index < -0.39 is 0 Å². The Morgan fingerprint density at radius 2 is 1.83 bits per heavy atom. The second kappa shape index (κ2) is 6.55. The molecule has 0 unspecified atom stereocenters. The van der Waals surface area contributed by atoms with Gasteiger partial charge in [0, 0.05) is 37.0 Å². The van der Waals surface area contributed by atoms with Crippen LogP contribution in [0.3, 0.4) is 0 Å². The summed E-state index contributed by atoms with van der Waals surface area (Å²) in [6.45, 7) is 2.16. The SMILES string of the molecule is c1ccc(-c2cc(CC3(NCc4ccncc4)COC3)no2)cc1. The normalized spacial score (nSPS) is 15.8. The van der Waals surface area contributed by atoms with E-state index in [1.54, 1.807) is 0 Å². The number of hydrogen-bond donors (Lipinski definition) is 1. The van der Waals surface area contributed by atoms with Gasteiger partial charge in [0.1, 0.15) is 0 Å². The third-order valence-electron chi connectivity index (χ3n) is 4.31. The quantitative estimate of drug-likeness (QED) is 0.756. The molecular formula is C19H19N3O2. The van der Waals surface area contributed by atoms with E-state index >= 15 is 0 Å². The van der Waals surface area contributed by atoms with Crippen molar-refractivity contribution >= 4 is 0 Å². The van der Waals surface area contributed by atoms with Gasteiger partial charge in [-0.05, 0) is 17.7 Å². The van der Waals surface area contributed by atoms with E-state index in [-0.39, 0.29) is 5.54 Å². The minimum atomic E-state index is -0.0753. The molecule has 0 bridgehead atoms. The van der Waals surface area contributed by atoms with Crippen LogP contribution in [0.25, 0.3) is 11.3 Å². The van der Waals surface area contributed by atoms with E-state index in [1.807, 2.05) is 60.9 Å². The maximum absolute atomic E-state index is 5.50. The Balaban J connectivity index is 1.44. The monoisotopic (exact) mass is 321 g/mol. The standard InChI is InChI=1S/C19H19N3O2/c1-2-4-16(5-3-1)18-10-17(22-24-18)11-19(13-23-14-19)21-12-15-6-8-20-9-7-15/h1-10,21H,11-14H2. The van der Waals surface area contributed by atoms with Crippen molar-refractivity contribution in [2.75, 3.05) is 13.2 Å². The van der Waals surface area contributed by atoms with Gasteiger partial charge in [0.25, 0.3) is 0 Å². The summed E-state index contributed by atoms with van der Waals surface area (Å²) in [4.78, 5) is 4.05. The molecular weight excluding hydrogens is 302 g/mol. The van der Waals surface area contributed by atoms with Crippen LogP contribution in [0, 0.1) is 0 Å². The van der Waals surface area contributed by atoms with Gasteiger partial charge >= 0.3 is 0 Å². The number of aromatic nitrogens is 2. The van der Waals surface area contributed by atoms with Crippen molar-refractivity contribution in [3.05, 3.63) is 72.2 Å². The lowest BCUT2D eigenvalue weighted by Gasteiger charge is -2.42. The van der Waals surface area contributed by atoms with Crippen LogP contribution in [0.5, 0.6) is 0 Å². The molecule has 1 aliphatic heterocycles. The van der Waals surface area contributed by atoms with Crippen LogP contribution in [-0.2, 0) is 17.7 Å². The van der Waals surface area contributed by atoms with Crippen molar-refractivity contribution < 1.29 is 9.26 Å². The molecule has 0 spiro atoms. The Kier molecular flexibility index (Phi) is 4.11. The predicted molar refractivity (Wildman–Crippen MR) is 90.3 cm³/mol. The average molecular weight is 321 g/mol. The Morgan fingerprint density at radius 1 is 1.04 bits per heavy atom. The zero-order valence-electron chi connectivity index (χ0n) is 13.3. The van der Waals surface area contributed by atoms with Gasteiger partial charge in [-0.15, -0.1) is 0 Å². The summed E-state index contributed by atoms with van der Waals surface area (Å²) in [5.41, 5.74) is 3.12. The van der Waals surface area contributed by atoms with Crippen LogP contribution < -0.4 is 5.32 Å². The maximum Gasteiger partial charge on any atom is 0.167 e. The van der Waals surface area contributed by atoms with E-state index in [1.165, 1.54) is 5.56 Å². The molecule has 1 aromatic carbocycles. The molecule has 0 atom stereocenters. The van der Waals surface area contributed by atoms with Crippen molar-refractivity contribution in [3.8, 4) is 11.3 Å². The molecule has 3 heterocycles. The van der Waals surface area contributed by atoms with Gasteiger partial charge in [-0.25, -0.2) is 0 Å². The van der Waals surface area contributed by atoms with Crippen molar-refractivity contribution in [1.29, 1.82) is 0 Å². The number of rotatable bonds is 6. The number of ether oxygens (including phenoxy) is 1. The van der Waals surface area contributed by atoms with Crippen LogP contribution in [-0.4, -0.2) is 28.9 Å². The fourth-order valence-electron chi connectivity index (χ4n) is 2.89. The summed E-state index contributed by atoms with van der Waals surface area (Å²) in [7, 11) is 0. The molecule has 0 aliphatic carbocycles. The van der Waals surface area contributed by atoms with Crippen LogP contribution >= 0.6 is 0 Å². The summed E-state index contributed by atoms with van der Waals surface area (Å²) in [6.07, 6.45) is 4.41. The first-order chi connectivity index (χ1) is 11.8. The molecule has 1 saturated heterocycles. The molecule has 4 rings (SSSR count). The van der Waals surface area contributed by atoms with Gasteiger partial charge in [0.2, 0.25) is 0 Å². The molecule has 1 N–H and O–H groups in total. The van der Waals surface area contributed by atoms with E-state index in [0.717, 1.165) is 30.0 Å². The van der Waals surface area contributed by atoms with Crippen molar-refractivity contribution in [3.63, 3.8) is 0 Å². The van der Waals surface area contributed by atoms with Gasteiger partial charge in [0.05, 0.1) is 24.4 Å².